The zero-order valence-electron chi connectivity index (χ0n) is 42.0. The van der Waals surface area contributed by atoms with Gasteiger partial charge in [-0.15, -0.1) is 0 Å². The van der Waals surface area contributed by atoms with Gasteiger partial charge in [-0.25, -0.2) is 0 Å². The molecule has 0 fully saturated rings. The van der Waals surface area contributed by atoms with Gasteiger partial charge in [0, 0.05) is 39.5 Å². The molecule has 0 radical (unpaired) electrons. The van der Waals surface area contributed by atoms with Crippen LogP contribution in [0.3, 0.4) is 0 Å². The summed E-state index contributed by atoms with van der Waals surface area (Å²) in [7, 11) is 0. The molecule has 14 rings (SSSR count). The molecule has 0 amide bonds. The minimum absolute atomic E-state index is 0.275. The zero-order chi connectivity index (χ0) is 50.0. The highest BCUT2D eigenvalue weighted by Gasteiger charge is 2.36. The van der Waals surface area contributed by atoms with Crippen molar-refractivity contribution >= 4 is 77.2 Å². The molecule has 0 aromatic heterocycles. The Morgan fingerprint density at radius 2 is 0.707 bits per heavy atom. The second kappa shape index (κ2) is 17.9. The Balaban J connectivity index is 0.869. The summed E-state index contributed by atoms with van der Waals surface area (Å²) in [6, 6.07) is 103. The maximum Gasteiger partial charge on any atom is 0.0468 e. The molecule has 0 N–H and O–H groups in total. The summed E-state index contributed by atoms with van der Waals surface area (Å²) in [6.45, 7) is 4.83. The van der Waals surface area contributed by atoms with Crippen LogP contribution in [0.4, 0.5) is 34.1 Å². The van der Waals surface area contributed by atoms with E-state index in [1.807, 2.05) is 0 Å². The number of anilines is 6. The van der Waals surface area contributed by atoms with E-state index in [2.05, 4.69) is 303 Å². The molecule has 0 spiro atoms. The molecule has 0 aliphatic heterocycles. The maximum atomic E-state index is 2.47. The monoisotopic (exact) mass is 956 g/mol. The average molecular weight is 957 g/mol. The highest BCUT2D eigenvalue weighted by atomic mass is 15.1. The van der Waals surface area contributed by atoms with Crippen molar-refractivity contribution in [2.75, 3.05) is 9.80 Å². The second-order valence-electron chi connectivity index (χ2n) is 20.5. The second-order valence-corrected chi connectivity index (χ2v) is 20.5. The van der Waals surface area contributed by atoms with Gasteiger partial charge in [-0.1, -0.05) is 208 Å². The average Bonchev–Trinajstić information content (AvgIpc) is 3.50. The van der Waals surface area contributed by atoms with E-state index in [-0.39, 0.29) is 5.41 Å². The van der Waals surface area contributed by atoms with Crippen LogP contribution in [0, 0.1) is 0 Å². The topological polar surface area (TPSA) is 6.48 Å². The first-order chi connectivity index (χ1) is 36.9. The van der Waals surface area contributed by atoms with Gasteiger partial charge in [0.05, 0.1) is 0 Å². The van der Waals surface area contributed by atoms with E-state index in [9.17, 15) is 0 Å². The van der Waals surface area contributed by atoms with Gasteiger partial charge < -0.3 is 9.80 Å². The van der Waals surface area contributed by atoms with Crippen molar-refractivity contribution in [2.45, 2.75) is 19.3 Å². The van der Waals surface area contributed by atoms with Crippen LogP contribution in [0.15, 0.2) is 279 Å². The predicted molar refractivity (Wildman–Crippen MR) is 320 cm³/mol. The molecule has 0 bridgehead atoms. The Kier molecular flexibility index (Phi) is 10.6. The fourth-order valence-corrected chi connectivity index (χ4v) is 12.1. The Hall–Kier alpha value is -9.50. The van der Waals surface area contributed by atoms with Crippen LogP contribution in [-0.2, 0) is 5.41 Å². The summed E-state index contributed by atoms with van der Waals surface area (Å²) in [5.41, 5.74) is 19.1. The Bertz CT molecular complexity index is 4290. The van der Waals surface area contributed by atoms with Crippen LogP contribution < -0.4 is 9.80 Å². The Morgan fingerprint density at radius 1 is 0.253 bits per heavy atom. The van der Waals surface area contributed by atoms with Crippen molar-refractivity contribution in [3.63, 3.8) is 0 Å². The predicted octanol–water partition coefficient (Wildman–Crippen LogP) is 20.5. The van der Waals surface area contributed by atoms with E-state index in [0.29, 0.717) is 0 Å². The SMILES string of the molecule is CC1(C)c2cc(-c3ccc(N(c4ccccc4)c4ccc5ccccc5c4)cc3)ccc2-c2c(-c3ccccc3)c3ccc(-c4ccc(N(c5ccccc5)c5ccc6ccccc6c5)cc4)cc3c3cccc1c23. The molecule has 0 heterocycles. The van der Waals surface area contributed by atoms with Gasteiger partial charge in [-0.05, 0) is 184 Å². The normalized spacial score (nSPS) is 12.5. The molecule has 0 unspecified atom stereocenters. The first kappa shape index (κ1) is 44.2. The number of fused-ring (bicyclic) bond motifs is 6. The molecule has 13 aromatic carbocycles. The van der Waals surface area contributed by atoms with Crippen LogP contribution >= 0.6 is 0 Å². The van der Waals surface area contributed by atoms with Crippen LogP contribution in [-0.4, -0.2) is 0 Å². The molecule has 75 heavy (non-hydrogen) atoms. The summed E-state index contributed by atoms with van der Waals surface area (Å²) in [6.07, 6.45) is 0. The highest BCUT2D eigenvalue weighted by molar-refractivity contribution is 6.24. The van der Waals surface area contributed by atoms with Gasteiger partial charge in [0.15, 0.2) is 0 Å². The van der Waals surface area contributed by atoms with Crippen molar-refractivity contribution in [1.82, 2.24) is 0 Å². The summed E-state index contributed by atoms with van der Waals surface area (Å²) < 4.78 is 0. The number of hydrogen-bond acceptors (Lipinski definition) is 2. The molecule has 1 aliphatic carbocycles. The molecular weight excluding hydrogens is 905 g/mol. The number of hydrogen-bond donors (Lipinski definition) is 0. The van der Waals surface area contributed by atoms with E-state index in [1.54, 1.807) is 0 Å². The van der Waals surface area contributed by atoms with Crippen LogP contribution in [0.2, 0.25) is 0 Å². The minimum atomic E-state index is -0.275. The van der Waals surface area contributed by atoms with Gasteiger partial charge in [-0.2, -0.15) is 0 Å². The lowest BCUT2D eigenvalue weighted by molar-refractivity contribution is 0.645. The fourth-order valence-electron chi connectivity index (χ4n) is 12.1. The maximum absolute atomic E-state index is 2.47. The number of nitrogens with zero attached hydrogens (tertiary/aromatic N) is 2. The van der Waals surface area contributed by atoms with Gasteiger partial charge in [-0.3, -0.25) is 0 Å². The summed E-state index contributed by atoms with van der Waals surface area (Å²) >= 11 is 0. The molecule has 13 aromatic rings. The molecule has 1 aliphatic rings. The molecule has 2 heteroatoms. The lowest BCUT2D eigenvalue weighted by Gasteiger charge is -2.37. The lowest BCUT2D eigenvalue weighted by atomic mass is 9.66. The standard InChI is InChI=1S/C73H52N2/c1-73(2)68-28-16-27-64-67-47-56(51-29-37-60(38-30-51)74(58-23-8-4-9-24-58)62-41-33-49-17-12-14-21-54(49)45-62)35-43-65(67)70(53-19-6-3-7-20-53)72(71(64)68)66-44-36-57(48-69(66)73)52-31-39-61(40-32-52)75(59-25-10-5-11-26-59)63-42-34-50-18-13-15-22-55(50)46-63/h3-48H,1-2H3. The summed E-state index contributed by atoms with van der Waals surface area (Å²) in [5.74, 6) is 0. The van der Waals surface area contributed by atoms with E-state index in [4.69, 9.17) is 0 Å². The minimum Gasteiger partial charge on any atom is -0.310 e. The van der Waals surface area contributed by atoms with Crippen molar-refractivity contribution in [2.24, 2.45) is 0 Å². The highest BCUT2D eigenvalue weighted by Crippen LogP contribution is 2.55. The van der Waals surface area contributed by atoms with Crippen molar-refractivity contribution in [1.29, 1.82) is 0 Å². The van der Waals surface area contributed by atoms with Crippen LogP contribution in [0.25, 0.3) is 87.6 Å². The molecule has 0 saturated heterocycles. The lowest BCUT2D eigenvalue weighted by Crippen LogP contribution is -2.24. The Labute approximate surface area is 438 Å². The Morgan fingerprint density at radius 3 is 1.27 bits per heavy atom. The van der Waals surface area contributed by atoms with Crippen molar-refractivity contribution < 1.29 is 0 Å². The third-order valence-electron chi connectivity index (χ3n) is 15.8. The number of benzene rings is 13. The van der Waals surface area contributed by atoms with Gasteiger partial charge in [0.1, 0.15) is 0 Å². The quantitative estimate of drug-likeness (QED) is 0.133. The summed E-state index contributed by atoms with van der Waals surface area (Å²) in [5, 5.41) is 10.1. The van der Waals surface area contributed by atoms with Crippen LogP contribution in [0.5, 0.6) is 0 Å². The van der Waals surface area contributed by atoms with E-state index >= 15 is 0 Å². The van der Waals surface area contributed by atoms with E-state index in [1.165, 1.54) is 98.7 Å². The number of rotatable bonds is 9. The van der Waals surface area contributed by atoms with E-state index in [0.717, 1.165) is 34.1 Å². The van der Waals surface area contributed by atoms with Gasteiger partial charge in [0.2, 0.25) is 0 Å². The molecule has 0 saturated carbocycles. The smallest absolute Gasteiger partial charge is 0.0468 e. The molecule has 2 nitrogen and oxygen atoms in total. The first-order valence-electron chi connectivity index (χ1n) is 26.1. The zero-order valence-corrected chi connectivity index (χ0v) is 42.0. The van der Waals surface area contributed by atoms with Gasteiger partial charge >= 0.3 is 0 Å². The van der Waals surface area contributed by atoms with Gasteiger partial charge in [0.25, 0.3) is 0 Å². The first-order valence-corrected chi connectivity index (χ1v) is 26.1. The van der Waals surface area contributed by atoms with Crippen LogP contribution in [0.1, 0.15) is 25.0 Å². The molecular formula is C73H52N2. The van der Waals surface area contributed by atoms with E-state index < -0.39 is 0 Å². The van der Waals surface area contributed by atoms with Crippen molar-refractivity contribution in [3.8, 4) is 44.5 Å². The fraction of sp³-hybridized carbons (Fsp3) is 0.0411. The van der Waals surface area contributed by atoms with Crippen molar-refractivity contribution in [3.05, 3.63) is 290 Å². The third kappa shape index (κ3) is 7.56. The number of para-hydroxylation sites is 2. The molecule has 354 valence electrons. The summed E-state index contributed by atoms with van der Waals surface area (Å²) in [4.78, 5) is 4.70. The molecule has 0 atom stereocenters. The largest absolute Gasteiger partial charge is 0.310 e. The third-order valence-corrected chi connectivity index (χ3v) is 15.8.